The van der Waals surface area contributed by atoms with Crippen molar-refractivity contribution in [3.8, 4) is 0 Å². The second kappa shape index (κ2) is 6.61. The quantitative estimate of drug-likeness (QED) is 0.830. The molecule has 1 aromatic carbocycles. The molecule has 1 atom stereocenters. The van der Waals surface area contributed by atoms with Crippen LogP contribution in [0.3, 0.4) is 0 Å². The Morgan fingerprint density at radius 3 is 2.37 bits per heavy atom. The van der Waals surface area contributed by atoms with Gasteiger partial charge in [0.2, 0.25) is 5.91 Å². The van der Waals surface area contributed by atoms with E-state index in [9.17, 15) is 13.6 Å². The van der Waals surface area contributed by atoms with E-state index in [0.717, 1.165) is 6.07 Å². The number of carbonyl (C=O) groups is 1. The van der Waals surface area contributed by atoms with E-state index < -0.39 is 17.0 Å². The van der Waals surface area contributed by atoms with Crippen LogP contribution in [0, 0.1) is 17.0 Å². The summed E-state index contributed by atoms with van der Waals surface area (Å²) in [4.78, 5) is 11.9. The fraction of sp³-hybridized carbons (Fsp3) is 0.500. The molecule has 3 nitrogen and oxygen atoms in total. The van der Waals surface area contributed by atoms with E-state index in [1.807, 2.05) is 6.92 Å². The number of carbonyl (C=O) groups excluding carboxylic acids is 1. The predicted octanol–water partition coefficient (Wildman–Crippen LogP) is 2.00. The molecule has 0 fully saturated rings. The minimum Gasteiger partial charge on any atom is -0.355 e. The highest BCUT2D eigenvalue weighted by Gasteiger charge is 2.28. The molecule has 0 saturated heterocycles. The van der Waals surface area contributed by atoms with E-state index in [1.54, 1.807) is 6.92 Å². The summed E-state index contributed by atoms with van der Waals surface area (Å²) in [6.45, 7) is 4.29. The second-order valence-electron chi connectivity index (χ2n) is 4.90. The van der Waals surface area contributed by atoms with Crippen molar-refractivity contribution >= 4 is 5.91 Å². The zero-order valence-electron chi connectivity index (χ0n) is 11.3. The first-order chi connectivity index (χ1) is 8.91. The minimum atomic E-state index is -0.610. The van der Waals surface area contributed by atoms with Crippen LogP contribution in [-0.2, 0) is 11.2 Å². The van der Waals surface area contributed by atoms with Crippen LogP contribution in [0.2, 0.25) is 0 Å². The van der Waals surface area contributed by atoms with Crippen molar-refractivity contribution in [1.29, 1.82) is 0 Å². The van der Waals surface area contributed by atoms with E-state index in [-0.39, 0.29) is 12.5 Å². The predicted molar refractivity (Wildman–Crippen MR) is 70.5 cm³/mol. The third-order valence-electron chi connectivity index (χ3n) is 3.40. The molecule has 1 aromatic rings. The number of hydrogen-bond acceptors (Lipinski definition) is 2. The van der Waals surface area contributed by atoms with Crippen LogP contribution in [0.5, 0.6) is 0 Å². The summed E-state index contributed by atoms with van der Waals surface area (Å²) in [5.41, 5.74) is 5.51. The lowest BCUT2D eigenvalue weighted by atomic mass is 9.86. The third kappa shape index (κ3) is 4.28. The highest BCUT2D eigenvalue weighted by Crippen LogP contribution is 2.19. The molecule has 1 unspecified atom stereocenters. The van der Waals surface area contributed by atoms with E-state index in [0.29, 0.717) is 24.9 Å². The monoisotopic (exact) mass is 270 g/mol. The van der Waals surface area contributed by atoms with Gasteiger partial charge < -0.3 is 11.1 Å². The molecule has 0 bridgehead atoms. The Hall–Kier alpha value is -1.49. The second-order valence-corrected chi connectivity index (χ2v) is 4.90. The number of nitrogens with two attached hydrogens (primary N) is 1. The number of halogens is 2. The van der Waals surface area contributed by atoms with Crippen LogP contribution >= 0.6 is 0 Å². The summed E-state index contributed by atoms with van der Waals surface area (Å²) in [5, 5.41) is 2.75. The zero-order chi connectivity index (χ0) is 14.5. The van der Waals surface area contributed by atoms with Crippen LogP contribution < -0.4 is 11.1 Å². The molecule has 0 heterocycles. The molecule has 0 aliphatic rings. The highest BCUT2D eigenvalue weighted by atomic mass is 19.1. The first-order valence-electron chi connectivity index (χ1n) is 6.34. The van der Waals surface area contributed by atoms with E-state index in [4.69, 9.17) is 5.73 Å². The molecule has 0 saturated carbocycles. The van der Waals surface area contributed by atoms with Crippen LogP contribution in [0.15, 0.2) is 18.2 Å². The van der Waals surface area contributed by atoms with Crippen molar-refractivity contribution in [2.75, 3.05) is 13.1 Å². The van der Waals surface area contributed by atoms with Crippen molar-refractivity contribution in [3.63, 3.8) is 0 Å². The highest BCUT2D eigenvalue weighted by molar-refractivity contribution is 5.82. The molecule has 5 heteroatoms. The van der Waals surface area contributed by atoms with Gasteiger partial charge in [-0.05, 0) is 37.5 Å². The zero-order valence-corrected chi connectivity index (χ0v) is 11.3. The average molecular weight is 270 g/mol. The number of amides is 1. The first-order valence-corrected chi connectivity index (χ1v) is 6.34. The summed E-state index contributed by atoms with van der Waals surface area (Å²) in [6, 6.07) is 3.35. The smallest absolute Gasteiger partial charge is 0.227 e. The Labute approximate surface area is 112 Å². The van der Waals surface area contributed by atoms with Crippen molar-refractivity contribution < 1.29 is 13.6 Å². The van der Waals surface area contributed by atoms with E-state index in [1.165, 1.54) is 12.1 Å². The van der Waals surface area contributed by atoms with Gasteiger partial charge in [-0.1, -0.05) is 6.92 Å². The van der Waals surface area contributed by atoms with Gasteiger partial charge in [0.1, 0.15) is 11.6 Å². The Balaban J connectivity index is 2.52. The van der Waals surface area contributed by atoms with Crippen LogP contribution in [0.4, 0.5) is 8.78 Å². The van der Waals surface area contributed by atoms with Gasteiger partial charge in [-0.3, -0.25) is 4.79 Å². The van der Waals surface area contributed by atoms with Crippen molar-refractivity contribution in [2.45, 2.75) is 26.7 Å². The summed E-state index contributed by atoms with van der Waals surface area (Å²) in [5.74, 6) is -1.35. The molecule has 3 N–H and O–H groups in total. The van der Waals surface area contributed by atoms with Gasteiger partial charge in [0.15, 0.2) is 0 Å². The Morgan fingerprint density at radius 2 is 1.89 bits per heavy atom. The maximum absolute atomic E-state index is 13.0. The molecular weight excluding hydrogens is 250 g/mol. The maximum Gasteiger partial charge on any atom is 0.227 e. The number of benzene rings is 1. The summed E-state index contributed by atoms with van der Waals surface area (Å²) in [7, 11) is 0. The van der Waals surface area contributed by atoms with Crippen LogP contribution in [0.1, 0.15) is 25.8 Å². The van der Waals surface area contributed by atoms with Crippen molar-refractivity contribution in [3.05, 3.63) is 35.4 Å². The Morgan fingerprint density at radius 1 is 1.32 bits per heavy atom. The minimum absolute atomic E-state index is 0.130. The van der Waals surface area contributed by atoms with Gasteiger partial charge in [0, 0.05) is 19.2 Å². The molecule has 19 heavy (non-hydrogen) atoms. The normalized spacial score (nSPS) is 13.9. The molecule has 106 valence electrons. The summed E-state index contributed by atoms with van der Waals surface area (Å²) < 4.78 is 25.9. The lowest BCUT2D eigenvalue weighted by molar-refractivity contribution is -0.129. The fourth-order valence-corrected chi connectivity index (χ4v) is 1.69. The molecule has 1 amide bonds. The fourth-order valence-electron chi connectivity index (χ4n) is 1.69. The van der Waals surface area contributed by atoms with Crippen molar-refractivity contribution in [2.24, 2.45) is 11.1 Å². The van der Waals surface area contributed by atoms with Crippen molar-refractivity contribution in [1.82, 2.24) is 5.32 Å². The number of rotatable bonds is 6. The van der Waals surface area contributed by atoms with Gasteiger partial charge in [-0.25, -0.2) is 8.78 Å². The molecule has 0 aromatic heterocycles. The van der Waals surface area contributed by atoms with Gasteiger partial charge in [-0.2, -0.15) is 0 Å². The topological polar surface area (TPSA) is 55.1 Å². The first kappa shape index (κ1) is 15.6. The largest absolute Gasteiger partial charge is 0.355 e. The lowest BCUT2D eigenvalue weighted by Crippen LogP contribution is -2.44. The van der Waals surface area contributed by atoms with Gasteiger partial charge in [0.25, 0.3) is 0 Å². The molecule has 0 aliphatic carbocycles. The number of hydrogen-bond donors (Lipinski definition) is 2. The SMILES string of the molecule is CCC(C)(CN)C(=O)NCCc1cc(F)cc(F)c1. The lowest BCUT2D eigenvalue weighted by Gasteiger charge is -2.24. The van der Waals surface area contributed by atoms with E-state index in [2.05, 4.69) is 5.32 Å². The summed E-state index contributed by atoms with van der Waals surface area (Å²) in [6.07, 6.45) is 1.02. The van der Waals surface area contributed by atoms with Gasteiger partial charge in [0.05, 0.1) is 5.41 Å². The Bertz CT molecular complexity index is 425. The van der Waals surface area contributed by atoms with Gasteiger partial charge >= 0.3 is 0 Å². The molecule has 0 radical (unpaired) electrons. The molecule has 0 spiro atoms. The third-order valence-corrected chi connectivity index (χ3v) is 3.40. The molecule has 1 rings (SSSR count). The van der Waals surface area contributed by atoms with E-state index >= 15 is 0 Å². The number of nitrogens with one attached hydrogen (secondary N) is 1. The van der Waals surface area contributed by atoms with Gasteiger partial charge in [-0.15, -0.1) is 0 Å². The standard InChI is InChI=1S/C14H20F2N2O/c1-3-14(2,9-17)13(19)18-5-4-10-6-11(15)8-12(16)7-10/h6-8H,3-5,9,17H2,1-2H3,(H,18,19). The molecular formula is C14H20F2N2O. The average Bonchev–Trinajstić information content (AvgIpc) is 2.36. The maximum atomic E-state index is 13.0. The molecule has 0 aliphatic heterocycles. The Kier molecular flexibility index (Phi) is 5.42. The summed E-state index contributed by atoms with van der Waals surface area (Å²) >= 11 is 0. The van der Waals surface area contributed by atoms with Crippen LogP contribution in [-0.4, -0.2) is 19.0 Å². The van der Waals surface area contributed by atoms with Crippen LogP contribution in [0.25, 0.3) is 0 Å².